The van der Waals surface area contributed by atoms with Gasteiger partial charge in [0.2, 0.25) is 5.91 Å². The number of anilines is 1. The average molecular weight is 405 g/mol. The number of nitrogens with zero attached hydrogens (tertiary/aromatic N) is 1. The van der Waals surface area contributed by atoms with E-state index in [0.29, 0.717) is 6.04 Å². The zero-order valence-corrected chi connectivity index (χ0v) is 17.1. The highest BCUT2D eigenvalue weighted by molar-refractivity contribution is 6.30. The van der Waals surface area contributed by atoms with Gasteiger partial charge in [-0.2, -0.15) is 0 Å². The standard InChI is InChI=1S/C25H25ClN2O/c26-21-11-13-22(14-12-21)27-23-15-17-28(18-16-23)25(29)24(19-7-3-1-4-8-19)20-9-5-2-6-10-20/h1-14,23-24,27H,15-18H2. The van der Waals surface area contributed by atoms with Crippen molar-refractivity contribution in [2.45, 2.75) is 24.8 Å². The Kier molecular flexibility index (Phi) is 6.16. The zero-order valence-electron chi connectivity index (χ0n) is 16.3. The lowest BCUT2D eigenvalue weighted by atomic mass is 9.89. The van der Waals surface area contributed by atoms with Gasteiger partial charge in [-0.1, -0.05) is 72.3 Å². The van der Waals surface area contributed by atoms with E-state index in [4.69, 9.17) is 11.6 Å². The van der Waals surface area contributed by atoms with Crippen molar-refractivity contribution in [3.63, 3.8) is 0 Å². The van der Waals surface area contributed by atoms with Crippen molar-refractivity contribution in [1.29, 1.82) is 0 Å². The van der Waals surface area contributed by atoms with Gasteiger partial charge in [0.15, 0.2) is 0 Å². The van der Waals surface area contributed by atoms with Crippen molar-refractivity contribution in [2.75, 3.05) is 18.4 Å². The minimum absolute atomic E-state index is 0.187. The Morgan fingerprint density at radius 2 is 1.34 bits per heavy atom. The number of carbonyl (C=O) groups excluding carboxylic acids is 1. The topological polar surface area (TPSA) is 32.3 Å². The minimum Gasteiger partial charge on any atom is -0.382 e. The van der Waals surface area contributed by atoms with Crippen LogP contribution in [0.5, 0.6) is 0 Å². The van der Waals surface area contributed by atoms with Crippen molar-refractivity contribution in [3.05, 3.63) is 101 Å². The van der Waals surface area contributed by atoms with Gasteiger partial charge in [-0.3, -0.25) is 4.79 Å². The molecule has 1 heterocycles. The third kappa shape index (κ3) is 4.80. The van der Waals surface area contributed by atoms with Crippen LogP contribution in [0.3, 0.4) is 0 Å². The molecule has 0 radical (unpaired) electrons. The Morgan fingerprint density at radius 3 is 1.86 bits per heavy atom. The van der Waals surface area contributed by atoms with Crippen LogP contribution in [0, 0.1) is 0 Å². The molecule has 0 unspecified atom stereocenters. The first-order chi connectivity index (χ1) is 14.2. The molecule has 0 aromatic heterocycles. The molecule has 29 heavy (non-hydrogen) atoms. The SMILES string of the molecule is O=C(C(c1ccccc1)c1ccccc1)N1CCC(Nc2ccc(Cl)cc2)CC1. The van der Waals surface area contributed by atoms with E-state index in [2.05, 4.69) is 5.32 Å². The highest BCUT2D eigenvalue weighted by Gasteiger charge is 2.30. The average Bonchev–Trinajstić information content (AvgIpc) is 2.77. The number of likely N-dealkylation sites (tertiary alicyclic amines) is 1. The van der Waals surface area contributed by atoms with E-state index in [0.717, 1.165) is 47.8 Å². The van der Waals surface area contributed by atoms with Crippen molar-refractivity contribution in [2.24, 2.45) is 0 Å². The number of hydrogen-bond donors (Lipinski definition) is 1. The van der Waals surface area contributed by atoms with E-state index in [1.807, 2.05) is 89.8 Å². The minimum atomic E-state index is -0.252. The first kappa shape index (κ1) is 19.5. The second kappa shape index (κ2) is 9.15. The number of nitrogens with one attached hydrogen (secondary N) is 1. The number of rotatable bonds is 5. The summed E-state index contributed by atoms with van der Waals surface area (Å²) in [4.78, 5) is 15.5. The molecule has 0 aliphatic carbocycles. The first-order valence-corrected chi connectivity index (χ1v) is 10.5. The molecule has 1 saturated heterocycles. The van der Waals surface area contributed by atoms with Crippen LogP contribution in [0.1, 0.15) is 29.9 Å². The highest BCUT2D eigenvalue weighted by Crippen LogP contribution is 2.28. The summed E-state index contributed by atoms with van der Waals surface area (Å²) in [5.41, 5.74) is 3.17. The molecule has 3 nitrogen and oxygen atoms in total. The quantitative estimate of drug-likeness (QED) is 0.602. The number of halogens is 1. The third-order valence-electron chi connectivity index (χ3n) is 5.53. The number of benzene rings is 3. The Balaban J connectivity index is 1.45. The van der Waals surface area contributed by atoms with Crippen molar-refractivity contribution in [3.8, 4) is 0 Å². The van der Waals surface area contributed by atoms with E-state index >= 15 is 0 Å². The fourth-order valence-corrected chi connectivity index (χ4v) is 4.10. The third-order valence-corrected chi connectivity index (χ3v) is 5.79. The predicted octanol–water partition coefficient (Wildman–Crippen LogP) is 5.58. The maximum atomic E-state index is 13.5. The van der Waals surface area contributed by atoms with Gasteiger partial charge in [-0.15, -0.1) is 0 Å². The smallest absolute Gasteiger partial charge is 0.234 e. The first-order valence-electron chi connectivity index (χ1n) is 10.1. The Bertz CT molecular complexity index is 881. The molecule has 0 saturated carbocycles. The lowest BCUT2D eigenvalue weighted by molar-refractivity contribution is -0.132. The molecular formula is C25H25ClN2O. The van der Waals surface area contributed by atoms with Gasteiger partial charge in [0.05, 0.1) is 5.92 Å². The summed E-state index contributed by atoms with van der Waals surface area (Å²) in [7, 11) is 0. The van der Waals surface area contributed by atoms with Gasteiger partial charge in [-0.25, -0.2) is 0 Å². The molecule has 1 aliphatic rings. The Labute approximate surface area is 177 Å². The monoisotopic (exact) mass is 404 g/mol. The van der Waals surface area contributed by atoms with E-state index in [-0.39, 0.29) is 11.8 Å². The van der Waals surface area contributed by atoms with Crippen LogP contribution in [0.2, 0.25) is 5.02 Å². The molecule has 0 bridgehead atoms. The summed E-state index contributed by atoms with van der Waals surface area (Å²) >= 11 is 5.97. The largest absolute Gasteiger partial charge is 0.382 e. The Morgan fingerprint density at radius 1 is 0.828 bits per heavy atom. The molecule has 4 rings (SSSR count). The van der Waals surface area contributed by atoms with Crippen molar-refractivity contribution >= 4 is 23.2 Å². The molecule has 1 amide bonds. The number of hydrogen-bond acceptors (Lipinski definition) is 2. The van der Waals surface area contributed by atoms with Crippen LogP contribution in [-0.2, 0) is 4.79 Å². The molecule has 1 N–H and O–H groups in total. The van der Waals surface area contributed by atoms with Crippen molar-refractivity contribution < 1.29 is 4.79 Å². The summed E-state index contributed by atoms with van der Waals surface area (Å²) in [6.45, 7) is 1.53. The maximum absolute atomic E-state index is 13.5. The lowest BCUT2D eigenvalue weighted by Crippen LogP contribution is -2.44. The van der Waals surface area contributed by atoms with Crippen LogP contribution < -0.4 is 5.32 Å². The summed E-state index contributed by atoms with van der Waals surface area (Å²) in [6, 6.07) is 28.3. The molecule has 3 aromatic carbocycles. The van der Waals surface area contributed by atoms with E-state index in [9.17, 15) is 4.79 Å². The molecule has 1 aliphatic heterocycles. The molecule has 0 atom stereocenters. The molecule has 3 aromatic rings. The van der Waals surface area contributed by atoms with Crippen molar-refractivity contribution in [1.82, 2.24) is 4.90 Å². The number of carbonyl (C=O) groups is 1. The van der Waals surface area contributed by atoms with Crippen LogP contribution >= 0.6 is 11.6 Å². The fourth-order valence-electron chi connectivity index (χ4n) is 3.98. The van der Waals surface area contributed by atoms with Crippen LogP contribution in [-0.4, -0.2) is 29.9 Å². The summed E-state index contributed by atoms with van der Waals surface area (Å²) in [5.74, 6) is -0.0643. The van der Waals surface area contributed by atoms with Gasteiger partial charge in [0.25, 0.3) is 0 Å². The van der Waals surface area contributed by atoms with Crippen LogP contribution in [0.25, 0.3) is 0 Å². The summed E-state index contributed by atoms with van der Waals surface area (Å²) < 4.78 is 0. The lowest BCUT2D eigenvalue weighted by Gasteiger charge is -2.35. The number of piperidine rings is 1. The van der Waals surface area contributed by atoms with Crippen LogP contribution in [0.15, 0.2) is 84.9 Å². The molecule has 148 valence electrons. The van der Waals surface area contributed by atoms with Gasteiger partial charge in [-0.05, 0) is 48.2 Å². The number of amides is 1. The fraction of sp³-hybridized carbons (Fsp3) is 0.240. The normalized spacial score (nSPS) is 14.8. The van der Waals surface area contributed by atoms with E-state index < -0.39 is 0 Å². The predicted molar refractivity (Wildman–Crippen MR) is 119 cm³/mol. The van der Waals surface area contributed by atoms with E-state index in [1.54, 1.807) is 0 Å². The second-order valence-corrected chi connectivity index (χ2v) is 7.94. The van der Waals surface area contributed by atoms with Crippen LogP contribution in [0.4, 0.5) is 5.69 Å². The van der Waals surface area contributed by atoms with E-state index in [1.165, 1.54) is 0 Å². The second-order valence-electron chi connectivity index (χ2n) is 7.51. The maximum Gasteiger partial charge on any atom is 0.234 e. The highest BCUT2D eigenvalue weighted by atomic mass is 35.5. The molecule has 1 fully saturated rings. The van der Waals surface area contributed by atoms with Gasteiger partial charge in [0.1, 0.15) is 0 Å². The molecule has 0 spiro atoms. The summed E-state index contributed by atoms with van der Waals surface area (Å²) in [5, 5.41) is 4.30. The summed E-state index contributed by atoms with van der Waals surface area (Å²) in [6.07, 6.45) is 1.87. The molecular weight excluding hydrogens is 380 g/mol. The zero-order chi connectivity index (χ0) is 20.1. The van der Waals surface area contributed by atoms with Gasteiger partial charge >= 0.3 is 0 Å². The van der Waals surface area contributed by atoms with Gasteiger partial charge < -0.3 is 10.2 Å². The molecule has 4 heteroatoms. The Hall–Kier alpha value is -2.78. The van der Waals surface area contributed by atoms with Gasteiger partial charge in [0, 0.05) is 29.8 Å².